The molecule has 0 aliphatic heterocycles. The molecule has 10 heteroatoms. The van der Waals surface area contributed by atoms with E-state index in [-0.39, 0.29) is 5.56 Å². The van der Waals surface area contributed by atoms with Crippen LogP contribution in [-0.2, 0) is 13.0 Å². The fourth-order valence-corrected chi connectivity index (χ4v) is 5.07. The molecule has 0 N–H and O–H groups in total. The molecule has 1 aromatic heterocycles. The number of hydrogen-bond acceptors (Lipinski definition) is 5. The molecule has 0 saturated carbocycles. The van der Waals surface area contributed by atoms with Gasteiger partial charge in [-0.25, -0.2) is 4.98 Å². The van der Waals surface area contributed by atoms with Gasteiger partial charge in [0.2, 0.25) is 0 Å². The van der Waals surface area contributed by atoms with Crippen molar-refractivity contribution in [3.8, 4) is 11.5 Å². The molecule has 37 heavy (non-hydrogen) atoms. The van der Waals surface area contributed by atoms with E-state index in [1.54, 1.807) is 12.3 Å². The van der Waals surface area contributed by atoms with E-state index < -0.39 is 0 Å². The number of benzene rings is 3. The van der Waals surface area contributed by atoms with Crippen LogP contribution in [0.3, 0.4) is 0 Å². The minimum Gasteiger partial charge on any atom is -0.490 e. The Morgan fingerprint density at radius 2 is 1.78 bits per heavy atom. The molecule has 6 nitrogen and oxygen atoms in total. The summed E-state index contributed by atoms with van der Waals surface area (Å²) in [4.78, 5) is 18.0. The number of ether oxygens (including phenoxy) is 2. The minimum absolute atomic E-state index is 0.228. The average Bonchev–Trinajstić information content (AvgIpc) is 2.88. The summed E-state index contributed by atoms with van der Waals surface area (Å²) in [5.74, 6) is 1.71. The summed E-state index contributed by atoms with van der Waals surface area (Å²) >= 11 is 16.7. The summed E-state index contributed by atoms with van der Waals surface area (Å²) in [6.07, 6.45) is 3.06. The largest absolute Gasteiger partial charge is 0.490 e. The first kappa shape index (κ1) is 27.8. The second kappa shape index (κ2) is 12.6. The van der Waals surface area contributed by atoms with Gasteiger partial charge in [0.05, 0.1) is 28.2 Å². The van der Waals surface area contributed by atoms with E-state index in [0.717, 1.165) is 16.5 Å². The lowest BCUT2D eigenvalue weighted by molar-refractivity contribution is 0.267. The standard InChI is InChI=1S/C27H23Br3ClN3O3/c1-3-5-23-33-21-11-8-18(28)13-20(21)27(35)34(23)32-14-17-12-22(36-4-2)26(25(30)24(17)29)37-15-16-6-9-19(31)10-7-16/h6-14H,3-5,15H2,1-2H3. The van der Waals surface area contributed by atoms with Crippen LogP contribution in [0.2, 0.25) is 5.02 Å². The van der Waals surface area contributed by atoms with Crippen molar-refractivity contribution in [3.05, 3.63) is 94.3 Å². The highest BCUT2D eigenvalue weighted by atomic mass is 79.9. The van der Waals surface area contributed by atoms with E-state index in [1.807, 2.05) is 56.3 Å². The van der Waals surface area contributed by atoms with E-state index in [0.29, 0.717) is 67.4 Å². The Morgan fingerprint density at radius 3 is 2.49 bits per heavy atom. The maximum atomic E-state index is 13.3. The lowest BCUT2D eigenvalue weighted by atomic mass is 10.2. The van der Waals surface area contributed by atoms with Gasteiger partial charge in [-0.1, -0.05) is 46.6 Å². The Balaban J connectivity index is 1.73. The number of nitrogens with zero attached hydrogens (tertiary/aromatic N) is 3. The van der Waals surface area contributed by atoms with Gasteiger partial charge >= 0.3 is 0 Å². The van der Waals surface area contributed by atoms with Crippen LogP contribution in [0.15, 0.2) is 71.8 Å². The number of halogens is 4. The highest BCUT2D eigenvalue weighted by molar-refractivity contribution is 9.13. The van der Waals surface area contributed by atoms with Gasteiger partial charge in [0, 0.05) is 26.0 Å². The summed E-state index contributed by atoms with van der Waals surface area (Å²) in [6.45, 7) is 4.73. The van der Waals surface area contributed by atoms with Gasteiger partial charge in [-0.2, -0.15) is 9.78 Å². The molecule has 3 aromatic carbocycles. The molecule has 0 atom stereocenters. The topological polar surface area (TPSA) is 65.7 Å². The zero-order chi connectivity index (χ0) is 26.5. The van der Waals surface area contributed by atoms with E-state index in [9.17, 15) is 4.79 Å². The molecule has 0 spiro atoms. The van der Waals surface area contributed by atoms with Gasteiger partial charge < -0.3 is 9.47 Å². The van der Waals surface area contributed by atoms with Gasteiger partial charge in [0.25, 0.3) is 5.56 Å². The zero-order valence-electron chi connectivity index (χ0n) is 20.1. The van der Waals surface area contributed by atoms with Crippen molar-refractivity contribution in [2.75, 3.05) is 6.61 Å². The molecule has 0 saturated heterocycles. The predicted octanol–water partition coefficient (Wildman–Crippen LogP) is 8.15. The van der Waals surface area contributed by atoms with E-state index in [4.69, 9.17) is 26.1 Å². The van der Waals surface area contributed by atoms with Crippen LogP contribution in [0, 0.1) is 0 Å². The number of fused-ring (bicyclic) bond motifs is 1. The third-order valence-corrected chi connectivity index (χ3v) is 8.30. The molecule has 4 rings (SSSR count). The van der Waals surface area contributed by atoms with Gasteiger partial charge in [-0.3, -0.25) is 4.79 Å². The van der Waals surface area contributed by atoms with Crippen LogP contribution in [0.5, 0.6) is 11.5 Å². The number of aryl methyl sites for hydroxylation is 1. The molecule has 0 radical (unpaired) electrons. The van der Waals surface area contributed by atoms with Crippen LogP contribution in [0.25, 0.3) is 10.9 Å². The van der Waals surface area contributed by atoms with Crippen molar-refractivity contribution >= 4 is 76.5 Å². The van der Waals surface area contributed by atoms with E-state index >= 15 is 0 Å². The SMILES string of the molecule is CCCc1nc2ccc(Br)cc2c(=O)n1N=Cc1cc(OCC)c(OCc2ccc(Cl)cc2)c(Br)c1Br. The molecule has 192 valence electrons. The van der Waals surface area contributed by atoms with Crippen molar-refractivity contribution < 1.29 is 9.47 Å². The molecule has 0 aliphatic rings. The summed E-state index contributed by atoms with van der Waals surface area (Å²) < 4.78 is 15.6. The summed E-state index contributed by atoms with van der Waals surface area (Å²) in [5.41, 5.74) is 2.10. The van der Waals surface area contributed by atoms with Crippen LogP contribution >= 0.6 is 59.4 Å². The quantitative estimate of drug-likeness (QED) is 0.165. The van der Waals surface area contributed by atoms with Crippen molar-refractivity contribution in [2.45, 2.75) is 33.3 Å². The second-order valence-electron chi connectivity index (χ2n) is 8.07. The first-order valence-corrected chi connectivity index (χ1v) is 14.4. The van der Waals surface area contributed by atoms with Gasteiger partial charge in [0.1, 0.15) is 12.4 Å². The molecule has 0 aliphatic carbocycles. The molecule has 0 fully saturated rings. The number of hydrogen-bond donors (Lipinski definition) is 0. The highest BCUT2D eigenvalue weighted by Gasteiger charge is 2.18. The normalized spacial score (nSPS) is 11.4. The van der Waals surface area contributed by atoms with Crippen molar-refractivity contribution in [2.24, 2.45) is 5.10 Å². The predicted molar refractivity (Wildman–Crippen MR) is 159 cm³/mol. The molecule has 0 unspecified atom stereocenters. The van der Waals surface area contributed by atoms with Gasteiger partial charge in [-0.15, -0.1) is 0 Å². The lowest BCUT2D eigenvalue weighted by Gasteiger charge is -2.16. The Kier molecular flexibility index (Phi) is 9.45. The van der Waals surface area contributed by atoms with Crippen LogP contribution < -0.4 is 15.0 Å². The molecular weight excluding hydrogens is 689 g/mol. The van der Waals surface area contributed by atoms with Crippen LogP contribution in [0.1, 0.15) is 37.2 Å². The van der Waals surface area contributed by atoms with E-state index in [1.165, 1.54) is 4.68 Å². The molecule has 0 bridgehead atoms. The maximum Gasteiger partial charge on any atom is 0.282 e. The van der Waals surface area contributed by atoms with Crippen molar-refractivity contribution in [1.29, 1.82) is 0 Å². The second-order valence-corrected chi connectivity index (χ2v) is 11.0. The third-order valence-electron chi connectivity index (χ3n) is 5.41. The smallest absolute Gasteiger partial charge is 0.282 e. The highest BCUT2D eigenvalue weighted by Crippen LogP contribution is 2.43. The molecule has 4 aromatic rings. The monoisotopic (exact) mass is 709 g/mol. The summed E-state index contributed by atoms with van der Waals surface area (Å²) in [5, 5.41) is 5.71. The Bertz CT molecular complexity index is 1520. The number of aromatic nitrogens is 2. The van der Waals surface area contributed by atoms with Crippen molar-refractivity contribution in [3.63, 3.8) is 0 Å². The molecule has 1 heterocycles. The zero-order valence-corrected chi connectivity index (χ0v) is 25.6. The van der Waals surface area contributed by atoms with Crippen LogP contribution in [0.4, 0.5) is 0 Å². The van der Waals surface area contributed by atoms with Crippen LogP contribution in [-0.4, -0.2) is 22.5 Å². The van der Waals surface area contributed by atoms with Gasteiger partial charge in [-0.05, 0) is 87.2 Å². The Hall–Kier alpha value is -2.20. The maximum absolute atomic E-state index is 13.3. The van der Waals surface area contributed by atoms with E-state index in [2.05, 4.69) is 52.9 Å². The fraction of sp³-hybridized carbons (Fsp3) is 0.222. The molecular formula is C27H23Br3ClN3O3. The first-order chi connectivity index (χ1) is 17.8. The molecule has 0 amide bonds. The Morgan fingerprint density at radius 1 is 1.03 bits per heavy atom. The Labute approximate surface area is 245 Å². The first-order valence-electron chi connectivity index (χ1n) is 11.6. The number of rotatable bonds is 9. The summed E-state index contributed by atoms with van der Waals surface area (Å²) in [6, 6.07) is 14.8. The average molecular weight is 713 g/mol. The van der Waals surface area contributed by atoms with Crippen molar-refractivity contribution in [1.82, 2.24) is 9.66 Å². The lowest BCUT2D eigenvalue weighted by Crippen LogP contribution is -2.22. The summed E-state index contributed by atoms with van der Waals surface area (Å²) in [7, 11) is 0. The van der Waals surface area contributed by atoms with Gasteiger partial charge in [0.15, 0.2) is 11.5 Å². The fourth-order valence-electron chi connectivity index (χ4n) is 3.65. The third kappa shape index (κ3) is 6.45. The minimum atomic E-state index is -0.228.